The number of unbranched alkanes of at least 4 members (excludes halogenated alkanes) is 1. The van der Waals surface area contributed by atoms with Gasteiger partial charge in [0.05, 0.1) is 6.20 Å². The van der Waals surface area contributed by atoms with E-state index in [1.807, 2.05) is 36.0 Å². The van der Waals surface area contributed by atoms with Crippen molar-refractivity contribution in [2.75, 3.05) is 20.6 Å². The smallest absolute Gasteiger partial charge is 0.184 e. The van der Waals surface area contributed by atoms with Crippen molar-refractivity contribution >= 4 is 6.72 Å². The summed E-state index contributed by atoms with van der Waals surface area (Å²) in [5.41, 5.74) is 0. The molecule has 0 aromatic heterocycles. The molecule has 0 heterocycles. The minimum absolute atomic E-state index is 1.04. The molecule has 0 radical (unpaired) electrons. The minimum Gasteiger partial charge on any atom is -0.379 e. The zero-order valence-corrected chi connectivity index (χ0v) is 7.88. The van der Waals surface area contributed by atoms with Gasteiger partial charge in [-0.3, -0.25) is 0 Å². The highest BCUT2D eigenvalue weighted by atomic mass is 15.1. The number of nitrogens with zero attached hydrogens (tertiary/aromatic N) is 2. The Morgan fingerprint density at radius 2 is 2.09 bits per heavy atom. The average Bonchev–Trinajstić information content (AvgIpc) is 1.97. The fraction of sp³-hybridized carbons (Fsp3) is 0.667. The first-order valence-electron chi connectivity index (χ1n) is 4.08. The molecule has 0 rings (SSSR count). The van der Waals surface area contributed by atoms with Crippen LogP contribution in [0.5, 0.6) is 0 Å². The molecule has 0 aromatic rings. The van der Waals surface area contributed by atoms with E-state index in [2.05, 4.69) is 13.6 Å². The summed E-state index contributed by atoms with van der Waals surface area (Å²) in [6, 6.07) is 0. The molecule has 64 valence electrons. The van der Waals surface area contributed by atoms with Crippen molar-refractivity contribution < 1.29 is 4.58 Å². The van der Waals surface area contributed by atoms with Gasteiger partial charge in [-0.1, -0.05) is 13.3 Å². The van der Waals surface area contributed by atoms with Gasteiger partial charge in [0.15, 0.2) is 6.20 Å². The average molecular weight is 155 g/mol. The summed E-state index contributed by atoms with van der Waals surface area (Å²) in [5.74, 6) is 0. The highest BCUT2D eigenvalue weighted by molar-refractivity contribution is 5.15. The SMILES string of the molecule is C=[N+](C=CN(C)C)CCCC. The van der Waals surface area contributed by atoms with Crippen LogP contribution in [0.3, 0.4) is 0 Å². The zero-order valence-electron chi connectivity index (χ0n) is 7.88. The predicted octanol–water partition coefficient (Wildman–Crippen LogP) is 1.53. The normalized spacial score (nSPS) is 10.5. The van der Waals surface area contributed by atoms with Gasteiger partial charge in [-0.2, -0.15) is 0 Å². The monoisotopic (exact) mass is 155 g/mol. The molecule has 11 heavy (non-hydrogen) atoms. The molecule has 0 aliphatic rings. The molecule has 0 aliphatic heterocycles. The quantitative estimate of drug-likeness (QED) is 0.431. The molecular formula is C9H19N2+. The largest absolute Gasteiger partial charge is 0.379 e. The lowest BCUT2D eigenvalue weighted by atomic mass is 10.3. The standard InChI is InChI=1S/C9H19N2/c1-5-6-7-11(4)9-8-10(2)3/h8-9H,4-7H2,1-3H3/q+1. The van der Waals surface area contributed by atoms with Crippen molar-refractivity contribution in [1.82, 2.24) is 4.90 Å². The highest BCUT2D eigenvalue weighted by Crippen LogP contribution is 1.88. The van der Waals surface area contributed by atoms with E-state index in [9.17, 15) is 0 Å². The van der Waals surface area contributed by atoms with Crippen LogP contribution >= 0.6 is 0 Å². The lowest BCUT2D eigenvalue weighted by molar-refractivity contribution is -0.449. The first-order valence-corrected chi connectivity index (χ1v) is 4.08. The first kappa shape index (κ1) is 10.2. The van der Waals surface area contributed by atoms with E-state index in [4.69, 9.17) is 0 Å². The van der Waals surface area contributed by atoms with E-state index in [-0.39, 0.29) is 0 Å². The summed E-state index contributed by atoms with van der Waals surface area (Å²) in [5, 5.41) is 0. The molecule has 0 aromatic carbocycles. The highest BCUT2D eigenvalue weighted by Gasteiger charge is 1.92. The van der Waals surface area contributed by atoms with Crippen molar-refractivity contribution in [1.29, 1.82) is 0 Å². The Morgan fingerprint density at radius 1 is 1.45 bits per heavy atom. The molecule has 0 saturated carbocycles. The second-order valence-electron chi connectivity index (χ2n) is 2.93. The second-order valence-corrected chi connectivity index (χ2v) is 2.93. The second kappa shape index (κ2) is 5.96. The topological polar surface area (TPSA) is 6.25 Å². The Bertz CT molecular complexity index is 136. The summed E-state index contributed by atoms with van der Waals surface area (Å²) in [7, 11) is 4.01. The maximum Gasteiger partial charge on any atom is 0.184 e. The molecule has 0 fully saturated rings. The third-order valence-electron chi connectivity index (χ3n) is 1.37. The van der Waals surface area contributed by atoms with Crippen LogP contribution in [-0.4, -0.2) is 36.8 Å². The van der Waals surface area contributed by atoms with Crippen molar-refractivity contribution in [3.8, 4) is 0 Å². The lowest BCUT2D eigenvalue weighted by Gasteiger charge is -2.01. The van der Waals surface area contributed by atoms with Crippen LogP contribution in [0.4, 0.5) is 0 Å². The van der Waals surface area contributed by atoms with Crippen LogP contribution in [0.1, 0.15) is 19.8 Å². The first-order chi connectivity index (χ1) is 5.16. The Morgan fingerprint density at radius 3 is 2.55 bits per heavy atom. The van der Waals surface area contributed by atoms with Crippen LogP contribution in [0, 0.1) is 0 Å². The van der Waals surface area contributed by atoms with Crippen LogP contribution in [0.15, 0.2) is 12.4 Å². The van der Waals surface area contributed by atoms with Crippen LogP contribution in [0.25, 0.3) is 0 Å². The molecule has 0 spiro atoms. The zero-order chi connectivity index (χ0) is 8.69. The van der Waals surface area contributed by atoms with Gasteiger partial charge in [-0.15, -0.1) is 0 Å². The summed E-state index contributed by atoms with van der Waals surface area (Å²) >= 11 is 0. The Labute approximate surface area is 69.8 Å². The molecule has 2 heteroatoms. The van der Waals surface area contributed by atoms with E-state index < -0.39 is 0 Å². The molecular weight excluding hydrogens is 136 g/mol. The van der Waals surface area contributed by atoms with Gasteiger partial charge in [-0.25, -0.2) is 4.58 Å². The van der Waals surface area contributed by atoms with Gasteiger partial charge >= 0.3 is 0 Å². The molecule has 0 atom stereocenters. The number of rotatable bonds is 5. The van der Waals surface area contributed by atoms with Crippen LogP contribution in [0.2, 0.25) is 0 Å². The van der Waals surface area contributed by atoms with Crippen LogP contribution in [-0.2, 0) is 0 Å². The van der Waals surface area contributed by atoms with Crippen molar-refractivity contribution in [3.63, 3.8) is 0 Å². The maximum absolute atomic E-state index is 3.87. The number of hydrogen-bond donors (Lipinski definition) is 0. The molecule has 0 N–H and O–H groups in total. The van der Waals surface area contributed by atoms with Gasteiger partial charge in [0.1, 0.15) is 13.3 Å². The van der Waals surface area contributed by atoms with Gasteiger partial charge in [0, 0.05) is 20.5 Å². The summed E-state index contributed by atoms with van der Waals surface area (Å²) in [6.07, 6.45) is 6.43. The lowest BCUT2D eigenvalue weighted by Crippen LogP contribution is -2.06. The number of hydrogen-bond acceptors (Lipinski definition) is 1. The Hall–Kier alpha value is -0.790. The van der Waals surface area contributed by atoms with Crippen molar-refractivity contribution in [3.05, 3.63) is 12.4 Å². The Balaban J connectivity index is 3.51. The van der Waals surface area contributed by atoms with Gasteiger partial charge in [0.25, 0.3) is 0 Å². The van der Waals surface area contributed by atoms with E-state index in [0.717, 1.165) is 6.54 Å². The summed E-state index contributed by atoms with van der Waals surface area (Å²) < 4.78 is 1.96. The molecule has 0 aliphatic carbocycles. The third kappa shape index (κ3) is 7.10. The van der Waals surface area contributed by atoms with E-state index >= 15 is 0 Å². The van der Waals surface area contributed by atoms with Crippen molar-refractivity contribution in [2.45, 2.75) is 19.8 Å². The molecule has 0 unspecified atom stereocenters. The fourth-order valence-corrected chi connectivity index (χ4v) is 0.663. The predicted molar refractivity (Wildman–Crippen MR) is 50.0 cm³/mol. The maximum atomic E-state index is 3.87. The van der Waals surface area contributed by atoms with Gasteiger partial charge < -0.3 is 4.90 Å². The molecule has 0 amide bonds. The van der Waals surface area contributed by atoms with Gasteiger partial charge in [0.2, 0.25) is 0 Å². The molecule has 0 saturated heterocycles. The van der Waals surface area contributed by atoms with E-state index in [1.54, 1.807) is 0 Å². The third-order valence-corrected chi connectivity index (χ3v) is 1.37. The van der Waals surface area contributed by atoms with E-state index in [1.165, 1.54) is 12.8 Å². The summed E-state index contributed by atoms with van der Waals surface area (Å²) in [4.78, 5) is 2.00. The minimum atomic E-state index is 1.04. The Kier molecular flexibility index (Phi) is 5.53. The summed E-state index contributed by atoms with van der Waals surface area (Å²) in [6.45, 7) is 7.09. The van der Waals surface area contributed by atoms with Gasteiger partial charge in [-0.05, 0) is 0 Å². The van der Waals surface area contributed by atoms with Crippen molar-refractivity contribution in [2.24, 2.45) is 0 Å². The van der Waals surface area contributed by atoms with Crippen LogP contribution < -0.4 is 0 Å². The molecule has 0 bridgehead atoms. The fourth-order valence-electron chi connectivity index (χ4n) is 0.663. The van der Waals surface area contributed by atoms with E-state index in [0.29, 0.717) is 0 Å². The molecule has 2 nitrogen and oxygen atoms in total.